The maximum absolute atomic E-state index is 12.9. The zero-order valence-corrected chi connectivity index (χ0v) is 18.8. The number of sulfonamides is 1. The highest BCUT2D eigenvalue weighted by molar-refractivity contribution is 7.92. The Morgan fingerprint density at radius 1 is 0.933 bits per heavy atom. The molecule has 1 N–H and O–H groups in total. The predicted molar refractivity (Wildman–Crippen MR) is 122 cm³/mol. The summed E-state index contributed by atoms with van der Waals surface area (Å²) in [4.78, 5) is 12.8. The van der Waals surface area contributed by atoms with Crippen molar-refractivity contribution in [2.45, 2.75) is 25.7 Å². The van der Waals surface area contributed by atoms with Crippen LogP contribution in [0.1, 0.15) is 27.0 Å². The Labute approximate surface area is 182 Å². The van der Waals surface area contributed by atoms with Crippen molar-refractivity contribution in [3.63, 3.8) is 0 Å². The van der Waals surface area contributed by atoms with E-state index in [9.17, 15) is 13.2 Å². The molecule has 0 saturated carbocycles. The summed E-state index contributed by atoms with van der Waals surface area (Å²) in [5.41, 5.74) is 4.47. The molecule has 0 spiro atoms. The van der Waals surface area contributed by atoms with E-state index in [1.165, 1.54) is 35.6 Å². The topological polar surface area (TPSA) is 66.5 Å². The number of amides is 1. The third kappa shape index (κ3) is 4.35. The second-order valence-corrected chi connectivity index (χ2v) is 9.54. The first kappa shape index (κ1) is 21.9. The molecular weight excluding hydrogens is 420 g/mol. The SMILES string of the molecule is Cc1cc(C(=O)Nc2cccc(C)c2C)ccc1N(C)S(=O)(=O)c1ccc(Cl)cc1. The van der Waals surface area contributed by atoms with Gasteiger partial charge in [-0.2, -0.15) is 0 Å². The lowest BCUT2D eigenvalue weighted by molar-refractivity contribution is 0.102. The Hall–Kier alpha value is -2.83. The molecule has 156 valence electrons. The number of halogens is 1. The van der Waals surface area contributed by atoms with Crippen molar-refractivity contribution in [2.24, 2.45) is 0 Å². The number of hydrogen-bond donors (Lipinski definition) is 1. The molecule has 1 amide bonds. The molecule has 0 unspecified atom stereocenters. The van der Waals surface area contributed by atoms with Gasteiger partial charge in [0, 0.05) is 23.3 Å². The highest BCUT2D eigenvalue weighted by atomic mass is 35.5. The average molecular weight is 443 g/mol. The highest BCUT2D eigenvalue weighted by Gasteiger charge is 2.23. The molecule has 0 heterocycles. The van der Waals surface area contributed by atoms with Crippen LogP contribution in [0, 0.1) is 20.8 Å². The molecule has 0 aliphatic heterocycles. The van der Waals surface area contributed by atoms with Gasteiger partial charge in [-0.3, -0.25) is 9.10 Å². The van der Waals surface area contributed by atoms with Gasteiger partial charge in [-0.25, -0.2) is 8.42 Å². The van der Waals surface area contributed by atoms with Crippen LogP contribution < -0.4 is 9.62 Å². The molecule has 0 aliphatic rings. The summed E-state index contributed by atoms with van der Waals surface area (Å²) in [6.45, 7) is 5.72. The number of benzene rings is 3. The van der Waals surface area contributed by atoms with Crippen LogP contribution in [-0.2, 0) is 10.0 Å². The molecule has 0 aromatic heterocycles. The summed E-state index contributed by atoms with van der Waals surface area (Å²) >= 11 is 5.86. The van der Waals surface area contributed by atoms with Crippen LogP contribution >= 0.6 is 11.6 Å². The monoisotopic (exact) mass is 442 g/mol. The van der Waals surface area contributed by atoms with Crippen LogP contribution in [0.25, 0.3) is 0 Å². The summed E-state index contributed by atoms with van der Waals surface area (Å²) in [6.07, 6.45) is 0. The van der Waals surface area contributed by atoms with Gasteiger partial charge in [0.2, 0.25) is 0 Å². The Morgan fingerprint density at radius 2 is 1.60 bits per heavy atom. The number of rotatable bonds is 5. The normalized spacial score (nSPS) is 11.2. The van der Waals surface area contributed by atoms with E-state index in [0.717, 1.165) is 16.8 Å². The number of nitrogens with one attached hydrogen (secondary N) is 1. The summed E-state index contributed by atoms with van der Waals surface area (Å²) in [6, 6.07) is 16.7. The van der Waals surface area contributed by atoms with Gasteiger partial charge in [-0.05, 0) is 86.0 Å². The lowest BCUT2D eigenvalue weighted by Crippen LogP contribution is -2.27. The molecule has 0 aliphatic carbocycles. The molecule has 0 atom stereocenters. The minimum absolute atomic E-state index is 0.144. The third-order valence-electron chi connectivity index (χ3n) is 5.12. The summed E-state index contributed by atoms with van der Waals surface area (Å²) in [5, 5.41) is 3.39. The van der Waals surface area contributed by atoms with E-state index in [1.807, 2.05) is 32.0 Å². The lowest BCUT2D eigenvalue weighted by atomic mass is 10.1. The van der Waals surface area contributed by atoms with E-state index < -0.39 is 10.0 Å². The van der Waals surface area contributed by atoms with Crippen molar-refractivity contribution in [1.29, 1.82) is 0 Å². The first-order valence-electron chi connectivity index (χ1n) is 9.34. The van der Waals surface area contributed by atoms with Crippen molar-refractivity contribution in [2.75, 3.05) is 16.7 Å². The summed E-state index contributed by atoms with van der Waals surface area (Å²) < 4.78 is 27.1. The molecule has 3 rings (SSSR count). The maximum atomic E-state index is 12.9. The second-order valence-electron chi connectivity index (χ2n) is 7.13. The zero-order chi connectivity index (χ0) is 22.1. The van der Waals surface area contributed by atoms with E-state index >= 15 is 0 Å². The van der Waals surface area contributed by atoms with Crippen LogP contribution in [0.5, 0.6) is 0 Å². The molecule has 0 saturated heterocycles. The number of carbonyl (C=O) groups is 1. The average Bonchev–Trinajstić information content (AvgIpc) is 2.71. The molecule has 30 heavy (non-hydrogen) atoms. The van der Waals surface area contributed by atoms with E-state index in [-0.39, 0.29) is 10.8 Å². The fourth-order valence-electron chi connectivity index (χ4n) is 3.13. The van der Waals surface area contributed by atoms with Crippen molar-refractivity contribution in [1.82, 2.24) is 0 Å². The molecule has 0 fully saturated rings. The van der Waals surface area contributed by atoms with Gasteiger partial charge in [0.15, 0.2) is 0 Å². The van der Waals surface area contributed by atoms with Crippen molar-refractivity contribution in [3.8, 4) is 0 Å². The second kappa shape index (κ2) is 8.50. The standard InChI is InChI=1S/C23H23ClN2O3S/c1-15-6-5-7-21(17(15)3)25-23(27)18-8-13-22(16(2)14-18)26(4)30(28,29)20-11-9-19(24)10-12-20/h5-14H,1-4H3,(H,25,27). The van der Waals surface area contributed by atoms with Crippen LogP contribution in [0.4, 0.5) is 11.4 Å². The first-order chi connectivity index (χ1) is 14.1. The minimum atomic E-state index is -3.75. The quantitative estimate of drug-likeness (QED) is 0.579. The van der Waals surface area contributed by atoms with Crippen molar-refractivity contribution < 1.29 is 13.2 Å². The van der Waals surface area contributed by atoms with Crippen molar-refractivity contribution >= 4 is 38.9 Å². The Bertz CT molecular complexity index is 1210. The number of nitrogens with zero attached hydrogens (tertiary/aromatic N) is 1. The number of hydrogen-bond acceptors (Lipinski definition) is 3. The van der Waals surface area contributed by atoms with E-state index in [4.69, 9.17) is 11.6 Å². The van der Waals surface area contributed by atoms with E-state index in [2.05, 4.69) is 5.32 Å². The van der Waals surface area contributed by atoms with Crippen LogP contribution in [0.15, 0.2) is 65.6 Å². The Balaban J connectivity index is 1.86. The fourth-order valence-corrected chi connectivity index (χ4v) is 4.51. The summed E-state index contributed by atoms with van der Waals surface area (Å²) in [5.74, 6) is -0.249. The fraction of sp³-hybridized carbons (Fsp3) is 0.174. The van der Waals surface area contributed by atoms with E-state index in [0.29, 0.717) is 21.8 Å². The van der Waals surface area contributed by atoms with Crippen LogP contribution in [0.3, 0.4) is 0 Å². The molecule has 0 radical (unpaired) electrons. The van der Waals surface area contributed by atoms with Gasteiger partial charge < -0.3 is 5.32 Å². The molecular formula is C23H23ClN2O3S. The predicted octanol–water partition coefficient (Wildman–Crippen LogP) is 5.34. The lowest BCUT2D eigenvalue weighted by Gasteiger charge is -2.22. The minimum Gasteiger partial charge on any atom is -0.322 e. The smallest absolute Gasteiger partial charge is 0.264 e. The highest BCUT2D eigenvalue weighted by Crippen LogP contribution is 2.27. The zero-order valence-electron chi connectivity index (χ0n) is 17.2. The number of anilines is 2. The third-order valence-corrected chi connectivity index (χ3v) is 7.16. The van der Waals surface area contributed by atoms with Gasteiger partial charge in [0.25, 0.3) is 15.9 Å². The Morgan fingerprint density at radius 3 is 2.23 bits per heavy atom. The van der Waals surface area contributed by atoms with Gasteiger partial charge in [0.1, 0.15) is 0 Å². The summed E-state index contributed by atoms with van der Waals surface area (Å²) in [7, 11) is -2.26. The van der Waals surface area contributed by atoms with Gasteiger partial charge >= 0.3 is 0 Å². The first-order valence-corrected chi connectivity index (χ1v) is 11.2. The van der Waals surface area contributed by atoms with Crippen LogP contribution in [-0.4, -0.2) is 21.4 Å². The van der Waals surface area contributed by atoms with Crippen LogP contribution in [0.2, 0.25) is 5.02 Å². The molecule has 3 aromatic carbocycles. The number of carbonyl (C=O) groups excluding carboxylic acids is 1. The van der Waals surface area contributed by atoms with Gasteiger partial charge in [-0.15, -0.1) is 0 Å². The molecule has 0 bridgehead atoms. The molecule has 7 heteroatoms. The van der Waals surface area contributed by atoms with Gasteiger partial charge in [0.05, 0.1) is 10.6 Å². The van der Waals surface area contributed by atoms with Crippen molar-refractivity contribution in [3.05, 3.63) is 87.9 Å². The maximum Gasteiger partial charge on any atom is 0.264 e. The molecule has 5 nitrogen and oxygen atoms in total. The Kier molecular flexibility index (Phi) is 6.19. The largest absolute Gasteiger partial charge is 0.322 e. The number of aryl methyl sites for hydroxylation is 2. The van der Waals surface area contributed by atoms with Gasteiger partial charge in [-0.1, -0.05) is 23.7 Å². The molecule has 3 aromatic rings. The van der Waals surface area contributed by atoms with E-state index in [1.54, 1.807) is 25.1 Å².